The number of β-amino-alcohol motifs (C(OH)–C–C–N with tert-alkyl or cyclic N) is 1. The van der Waals surface area contributed by atoms with E-state index in [0.717, 1.165) is 32.0 Å². The Morgan fingerprint density at radius 1 is 1.28 bits per heavy atom. The molecule has 1 aliphatic heterocycles. The van der Waals surface area contributed by atoms with Crippen molar-refractivity contribution in [1.82, 2.24) is 10.2 Å². The second-order valence-corrected chi connectivity index (χ2v) is 6.65. The van der Waals surface area contributed by atoms with Gasteiger partial charge in [-0.25, -0.2) is 0 Å². The van der Waals surface area contributed by atoms with Gasteiger partial charge in [-0.1, -0.05) is 25.7 Å². The summed E-state index contributed by atoms with van der Waals surface area (Å²) in [5.41, 5.74) is 0.312. The highest BCUT2D eigenvalue weighted by molar-refractivity contribution is 4.88. The number of aliphatic hydroxyl groups is 1. The van der Waals surface area contributed by atoms with E-state index in [-0.39, 0.29) is 6.10 Å². The number of piperidine rings is 1. The van der Waals surface area contributed by atoms with Gasteiger partial charge < -0.3 is 15.3 Å². The van der Waals surface area contributed by atoms with E-state index < -0.39 is 0 Å². The molecule has 0 spiro atoms. The van der Waals surface area contributed by atoms with Crippen LogP contribution in [0.5, 0.6) is 0 Å². The van der Waals surface area contributed by atoms with Crippen LogP contribution in [0.3, 0.4) is 0 Å². The number of nitrogens with one attached hydrogen (secondary N) is 1. The zero-order chi connectivity index (χ0) is 13.0. The first-order chi connectivity index (χ1) is 8.61. The highest BCUT2D eigenvalue weighted by Crippen LogP contribution is 2.29. The molecule has 0 radical (unpaired) electrons. The summed E-state index contributed by atoms with van der Waals surface area (Å²) in [4.78, 5) is 2.44. The van der Waals surface area contributed by atoms with Crippen molar-refractivity contribution in [3.8, 4) is 0 Å². The summed E-state index contributed by atoms with van der Waals surface area (Å²) in [6.07, 6.45) is 8.75. The van der Waals surface area contributed by atoms with E-state index in [1.54, 1.807) is 0 Å². The van der Waals surface area contributed by atoms with E-state index in [4.69, 9.17) is 0 Å². The van der Waals surface area contributed by atoms with E-state index in [9.17, 15) is 5.11 Å². The first-order valence-corrected chi connectivity index (χ1v) is 7.71. The quantitative estimate of drug-likeness (QED) is 0.788. The van der Waals surface area contributed by atoms with Gasteiger partial charge in [0.2, 0.25) is 0 Å². The highest BCUT2D eigenvalue weighted by Gasteiger charge is 2.29. The molecule has 0 amide bonds. The van der Waals surface area contributed by atoms with Crippen LogP contribution in [0.25, 0.3) is 0 Å². The van der Waals surface area contributed by atoms with Crippen molar-refractivity contribution < 1.29 is 5.11 Å². The van der Waals surface area contributed by atoms with Gasteiger partial charge in [-0.3, -0.25) is 0 Å². The molecule has 1 saturated heterocycles. The molecule has 2 rings (SSSR count). The molecule has 0 bridgehead atoms. The second kappa shape index (κ2) is 6.36. The van der Waals surface area contributed by atoms with Crippen molar-refractivity contribution in [3.05, 3.63) is 0 Å². The Hall–Kier alpha value is -0.120. The smallest absolute Gasteiger partial charge is 0.0669 e. The van der Waals surface area contributed by atoms with E-state index in [0.29, 0.717) is 5.54 Å². The van der Waals surface area contributed by atoms with Crippen LogP contribution in [0, 0.1) is 5.92 Å². The summed E-state index contributed by atoms with van der Waals surface area (Å²) in [6.45, 7) is 5.44. The van der Waals surface area contributed by atoms with Crippen LogP contribution in [-0.4, -0.2) is 48.3 Å². The van der Waals surface area contributed by atoms with Crippen LogP contribution < -0.4 is 5.32 Å². The van der Waals surface area contributed by atoms with Crippen LogP contribution in [0.1, 0.15) is 51.9 Å². The van der Waals surface area contributed by atoms with Crippen molar-refractivity contribution >= 4 is 0 Å². The third kappa shape index (κ3) is 3.94. The number of rotatable bonds is 5. The molecular formula is C15H30N2O. The molecule has 0 aromatic heterocycles. The molecule has 106 valence electrons. The number of nitrogens with zero attached hydrogens (tertiary/aromatic N) is 1. The maximum Gasteiger partial charge on any atom is 0.0669 e. The van der Waals surface area contributed by atoms with Gasteiger partial charge in [0.15, 0.2) is 0 Å². The largest absolute Gasteiger partial charge is 0.392 e. The van der Waals surface area contributed by atoms with E-state index in [2.05, 4.69) is 24.2 Å². The molecule has 3 nitrogen and oxygen atoms in total. The van der Waals surface area contributed by atoms with Crippen LogP contribution in [0.4, 0.5) is 0 Å². The zero-order valence-electron chi connectivity index (χ0n) is 12.1. The molecule has 1 saturated carbocycles. The van der Waals surface area contributed by atoms with Crippen molar-refractivity contribution in [1.29, 1.82) is 0 Å². The maximum atomic E-state index is 10.2. The van der Waals surface area contributed by atoms with Gasteiger partial charge in [-0.2, -0.15) is 0 Å². The van der Waals surface area contributed by atoms with Crippen molar-refractivity contribution in [2.75, 3.05) is 26.7 Å². The molecule has 1 aliphatic carbocycles. The van der Waals surface area contributed by atoms with Crippen LogP contribution in [0.15, 0.2) is 0 Å². The Bertz CT molecular complexity index is 243. The summed E-state index contributed by atoms with van der Waals surface area (Å²) >= 11 is 0. The lowest BCUT2D eigenvalue weighted by molar-refractivity contribution is 0.0656. The fourth-order valence-electron chi connectivity index (χ4n) is 3.48. The lowest BCUT2D eigenvalue weighted by Crippen LogP contribution is -2.51. The molecular weight excluding hydrogens is 224 g/mol. The molecule has 1 unspecified atom stereocenters. The first kappa shape index (κ1) is 14.3. The molecule has 0 aromatic carbocycles. The van der Waals surface area contributed by atoms with Gasteiger partial charge in [0, 0.05) is 12.1 Å². The van der Waals surface area contributed by atoms with E-state index in [1.807, 2.05) is 0 Å². The SMILES string of the molecule is CNC1(C)CCN(CC(O)CC2CCCC2)CC1. The van der Waals surface area contributed by atoms with E-state index in [1.165, 1.54) is 38.5 Å². The van der Waals surface area contributed by atoms with Gasteiger partial charge >= 0.3 is 0 Å². The molecule has 1 atom stereocenters. The molecule has 2 N–H and O–H groups in total. The van der Waals surface area contributed by atoms with Gasteiger partial charge in [-0.05, 0) is 52.2 Å². The molecule has 2 fully saturated rings. The molecule has 18 heavy (non-hydrogen) atoms. The minimum absolute atomic E-state index is 0.105. The number of likely N-dealkylation sites (tertiary alicyclic amines) is 1. The number of aliphatic hydroxyl groups excluding tert-OH is 1. The Labute approximate surface area is 112 Å². The Morgan fingerprint density at radius 2 is 1.89 bits per heavy atom. The van der Waals surface area contributed by atoms with Gasteiger partial charge in [0.1, 0.15) is 0 Å². The minimum Gasteiger partial charge on any atom is -0.392 e. The fourth-order valence-corrected chi connectivity index (χ4v) is 3.48. The number of hydrogen-bond donors (Lipinski definition) is 2. The third-order valence-electron chi connectivity index (χ3n) is 5.11. The van der Waals surface area contributed by atoms with E-state index >= 15 is 0 Å². The summed E-state index contributed by atoms with van der Waals surface area (Å²) in [7, 11) is 2.06. The summed E-state index contributed by atoms with van der Waals surface area (Å²) < 4.78 is 0. The van der Waals surface area contributed by atoms with Crippen LogP contribution in [-0.2, 0) is 0 Å². The predicted octanol–water partition coefficient (Wildman–Crippen LogP) is 2.00. The fraction of sp³-hybridized carbons (Fsp3) is 1.00. The van der Waals surface area contributed by atoms with Gasteiger partial charge in [-0.15, -0.1) is 0 Å². The lowest BCUT2D eigenvalue weighted by atomic mass is 9.89. The maximum absolute atomic E-state index is 10.2. The topological polar surface area (TPSA) is 35.5 Å². The minimum atomic E-state index is -0.105. The third-order valence-corrected chi connectivity index (χ3v) is 5.11. The number of hydrogen-bond acceptors (Lipinski definition) is 3. The standard InChI is InChI=1S/C15H30N2O/c1-15(16-2)7-9-17(10-8-15)12-14(18)11-13-5-3-4-6-13/h13-14,16,18H,3-12H2,1-2H3. The summed E-state index contributed by atoms with van der Waals surface area (Å²) in [5, 5.41) is 13.6. The Morgan fingerprint density at radius 3 is 2.44 bits per heavy atom. The Kier molecular flexibility index (Phi) is 5.05. The molecule has 2 aliphatic rings. The van der Waals surface area contributed by atoms with Crippen molar-refractivity contribution in [3.63, 3.8) is 0 Å². The average Bonchev–Trinajstić information content (AvgIpc) is 2.85. The highest BCUT2D eigenvalue weighted by atomic mass is 16.3. The van der Waals surface area contributed by atoms with Crippen LogP contribution >= 0.6 is 0 Å². The van der Waals surface area contributed by atoms with Crippen LogP contribution in [0.2, 0.25) is 0 Å². The predicted molar refractivity (Wildman–Crippen MR) is 75.7 cm³/mol. The second-order valence-electron chi connectivity index (χ2n) is 6.65. The molecule has 3 heteroatoms. The monoisotopic (exact) mass is 254 g/mol. The Balaban J connectivity index is 1.67. The summed E-state index contributed by atoms with van der Waals surface area (Å²) in [6, 6.07) is 0. The van der Waals surface area contributed by atoms with Crippen molar-refractivity contribution in [2.24, 2.45) is 5.92 Å². The molecule has 1 heterocycles. The normalized spacial score (nSPS) is 27.5. The summed E-state index contributed by atoms with van der Waals surface area (Å²) in [5.74, 6) is 0.798. The van der Waals surface area contributed by atoms with Crippen molar-refractivity contribution in [2.45, 2.75) is 63.5 Å². The first-order valence-electron chi connectivity index (χ1n) is 7.71. The lowest BCUT2D eigenvalue weighted by Gasteiger charge is -2.40. The van der Waals surface area contributed by atoms with Gasteiger partial charge in [0.05, 0.1) is 6.10 Å². The average molecular weight is 254 g/mol. The molecule has 0 aromatic rings. The van der Waals surface area contributed by atoms with Gasteiger partial charge in [0.25, 0.3) is 0 Å². The zero-order valence-corrected chi connectivity index (χ0v) is 12.1.